The Morgan fingerprint density at radius 1 is 1.22 bits per heavy atom. The van der Waals surface area contributed by atoms with E-state index in [1.165, 1.54) is 18.2 Å². The highest BCUT2D eigenvalue weighted by atomic mass is 19.1. The number of nitrogens with one attached hydrogen (secondary N) is 2. The monoisotopic (exact) mass is 436 g/mol. The first-order valence-electron chi connectivity index (χ1n) is 10.1. The molecule has 9 heteroatoms. The summed E-state index contributed by atoms with van der Waals surface area (Å²) in [6.07, 6.45) is 2.56. The van der Waals surface area contributed by atoms with Crippen molar-refractivity contribution in [2.75, 3.05) is 5.73 Å². The molecular weight excluding hydrogens is 414 g/mol. The molecule has 4 rings (SSSR count). The van der Waals surface area contributed by atoms with Crippen LogP contribution in [0, 0.1) is 17.2 Å². The highest BCUT2D eigenvalue weighted by Crippen LogP contribution is 2.36. The van der Waals surface area contributed by atoms with E-state index >= 15 is 0 Å². The molecule has 4 N–H and O–H groups in total. The summed E-state index contributed by atoms with van der Waals surface area (Å²) in [5.41, 5.74) is 17.5. The van der Waals surface area contributed by atoms with E-state index < -0.39 is 17.7 Å². The Morgan fingerprint density at radius 3 is 2.78 bits per heavy atom. The van der Waals surface area contributed by atoms with E-state index in [2.05, 4.69) is 20.4 Å². The number of benzene rings is 1. The zero-order valence-corrected chi connectivity index (χ0v) is 17.6. The Labute approximate surface area is 183 Å². The van der Waals surface area contributed by atoms with Crippen LogP contribution in [0.15, 0.2) is 53.5 Å². The molecular formula is C23H22F2N6O. The third-order valence-electron chi connectivity index (χ3n) is 5.33. The lowest BCUT2D eigenvalue weighted by Crippen LogP contribution is -2.17. The molecule has 32 heavy (non-hydrogen) atoms. The minimum absolute atomic E-state index is 0.177. The molecule has 164 valence electrons. The minimum Gasteiger partial charge on any atom is -0.482 e. The van der Waals surface area contributed by atoms with E-state index in [4.69, 9.17) is 16.0 Å². The first-order valence-corrected chi connectivity index (χ1v) is 10.1. The fourth-order valence-electron chi connectivity index (χ4n) is 3.75. The molecule has 0 spiro atoms. The first-order chi connectivity index (χ1) is 15.4. The molecule has 3 heterocycles. The second kappa shape index (κ2) is 8.70. The molecule has 7 nitrogen and oxygen atoms in total. The molecule has 0 amide bonds. The van der Waals surface area contributed by atoms with Crippen LogP contribution in [0.5, 0.6) is 5.75 Å². The normalized spacial score (nSPS) is 16.9. The van der Waals surface area contributed by atoms with E-state index in [-0.39, 0.29) is 12.4 Å². The molecule has 1 aliphatic heterocycles. The number of hydrogen-bond donors (Lipinski definition) is 3. The lowest BCUT2D eigenvalue weighted by atomic mass is 9.96. The average Bonchev–Trinajstić information content (AvgIpc) is 2.78. The van der Waals surface area contributed by atoms with Crippen molar-refractivity contribution >= 4 is 11.5 Å². The molecule has 0 aliphatic carbocycles. The quantitative estimate of drug-likeness (QED) is 0.469. The third-order valence-corrected chi connectivity index (χ3v) is 5.33. The Morgan fingerprint density at radius 2 is 2.03 bits per heavy atom. The summed E-state index contributed by atoms with van der Waals surface area (Å²) < 4.78 is 34.4. The molecule has 3 aromatic rings. The maximum absolute atomic E-state index is 14.2. The number of anilines is 1. The number of hydrogen-bond acceptors (Lipinski definition) is 7. The SMILES string of the molecule is CC/C(N=N)=C1/NCc2cc(F)cnc2-c2ccc(F)cc2C(C)Oc2cc1cnc2N. The zero-order chi connectivity index (χ0) is 22.8. The van der Waals surface area contributed by atoms with Gasteiger partial charge in [-0.2, -0.15) is 5.11 Å². The highest BCUT2D eigenvalue weighted by molar-refractivity contribution is 5.71. The summed E-state index contributed by atoms with van der Waals surface area (Å²) in [5, 5.41) is 6.90. The smallest absolute Gasteiger partial charge is 0.166 e. The Hall–Kier alpha value is -3.88. The number of halogens is 2. The molecule has 1 unspecified atom stereocenters. The van der Waals surface area contributed by atoms with Crippen molar-refractivity contribution in [2.45, 2.75) is 32.9 Å². The Kier molecular flexibility index (Phi) is 5.81. The average molecular weight is 436 g/mol. The predicted molar refractivity (Wildman–Crippen MR) is 116 cm³/mol. The van der Waals surface area contributed by atoms with Gasteiger partial charge in [0.25, 0.3) is 0 Å². The third kappa shape index (κ3) is 4.01. The zero-order valence-electron chi connectivity index (χ0n) is 17.6. The standard InChI is InChI=1S/C23H22F2N6O/c1-3-19(31-27)22-14-7-20(23(26)30-10-14)32-12(2)18-8-15(24)4-5-17(18)21-13(9-28-22)6-16(25)11-29-21/h4-8,10-12,27-28H,3,9H2,1-2H3,(H2,26,30)/b22-19-,31-27?. The van der Waals surface area contributed by atoms with Gasteiger partial charge < -0.3 is 15.8 Å². The Bertz CT molecular complexity index is 1230. The maximum Gasteiger partial charge on any atom is 0.166 e. The first kappa shape index (κ1) is 21.4. The number of aromatic nitrogens is 2. The van der Waals surface area contributed by atoms with Crippen LogP contribution in [-0.4, -0.2) is 9.97 Å². The second-order valence-electron chi connectivity index (χ2n) is 7.40. The fourth-order valence-corrected chi connectivity index (χ4v) is 3.75. The van der Waals surface area contributed by atoms with Gasteiger partial charge in [-0.15, -0.1) is 0 Å². The van der Waals surface area contributed by atoms with Crippen molar-refractivity contribution in [2.24, 2.45) is 5.11 Å². The summed E-state index contributed by atoms with van der Waals surface area (Å²) in [5.74, 6) is -0.425. The highest BCUT2D eigenvalue weighted by Gasteiger charge is 2.22. The molecule has 0 saturated carbocycles. The van der Waals surface area contributed by atoms with E-state index in [9.17, 15) is 8.78 Å². The largest absolute Gasteiger partial charge is 0.482 e. The second-order valence-corrected chi connectivity index (χ2v) is 7.40. The predicted octanol–water partition coefficient (Wildman–Crippen LogP) is 5.36. The van der Waals surface area contributed by atoms with E-state index in [1.807, 2.05) is 6.92 Å². The molecule has 2 bridgehead atoms. The summed E-state index contributed by atoms with van der Waals surface area (Å²) in [6.45, 7) is 3.84. The minimum atomic E-state index is -0.605. The number of allylic oxidation sites excluding steroid dienone is 1. The van der Waals surface area contributed by atoms with Crippen molar-refractivity contribution in [1.82, 2.24) is 15.3 Å². The van der Waals surface area contributed by atoms with Crippen LogP contribution in [0.4, 0.5) is 14.6 Å². The van der Waals surface area contributed by atoms with Gasteiger partial charge in [0.2, 0.25) is 0 Å². The van der Waals surface area contributed by atoms with Gasteiger partial charge in [-0.3, -0.25) is 4.98 Å². The maximum atomic E-state index is 14.2. The molecule has 2 aromatic heterocycles. The van der Waals surface area contributed by atoms with E-state index in [0.29, 0.717) is 51.5 Å². The van der Waals surface area contributed by atoms with Crippen LogP contribution in [0.3, 0.4) is 0 Å². The van der Waals surface area contributed by atoms with Crippen LogP contribution in [0.1, 0.15) is 43.1 Å². The van der Waals surface area contributed by atoms with Gasteiger partial charge in [0.05, 0.1) is 23.3 Å². The summed E-state index contributed by atoms with van der Waals surface area (Å²) >= 11 is 0. The van der Waals surface area contributed by atoms with Gasteiger partial charge in [0, 0.05) is 35.0 Å². The molecule has 0 fully saturated rings. The van der Waals surface area contributed by atoms with Crippen molar-refractivity contribution in [3.8, 4) is 17.0 Å². The van der Waals surface area contributed by atoms with Gasteiger partial charge in [0.1, 0.15) is 17.7 Å². The number of nitrogen functional groups attached to an aromatic ring is 1. The van der Waals surface area contributed by atoms with Crippen molar-refractivity contribution < 1.29 is 13.5 Å². The number of ether oxygens (including phenoxy) is 1. The van der Waals surface area contributed by atoms with Gasteiger partial charge >= 0.3 is 0 Å². The fraction of sp³-hybridized carbons (Fsp3) is 0.217. The lowest BCUT2D eigenvalue weighted by Gasteiger charge is -2.23. The number of rotatable bonds is 2. The number of pyridine rings is 2. The molecule has 1 aliphatic rings. The van der Waals surface area contributed by atoms with Crippen molar-refractivity contribution in [3.05, 3.63) is 76.7 Å². The van der Waals surface area contributed by atoms with Crippen molar-refractivity contribution in [3.63, 3.8) is 0 Å². The molecule has 0 saturated heterocycles. The van der Waals surface area contributed by atoms with Crippen LogP contribution in [-0.2, 0) is 6.54 Å². The molecule has 1 atom stereocenters. The number of nitrogens with two attached hydrogens (primary N) is 1. The lowest BCUT2D eigenvalue weighted by molar-refractivity contribution is 0.227. The number of fused-ring (bicyclic) bond motifs is 5. The van der Waals surface area contributed by atoms with Crippen LogP contribution in [0.2, 0.25) is 0 Å². The van der Waals surface area contributed by atoms with Gasteiger partial charge in [-0.1, -0.05) is 6.92 Å². The van der Waals surface area contributed by atoms with Crippen LogP contribution in [0.25, 0.3) is 17.0 Å². The van der Waals surface area contributed by atoms with Crippen LogP contribution >= 0.6 is 0 Å². The number of nitrogens with zero attached hydrogens (tertiary/aromatic N) is 3. The summed E-state index contributed by atoms with van der Waals surface area (Å²) in [4.78, 5) is 8.53. The summed E-state index contributed by atoms with van der Waals surface area (Å²) in [6, 6.07) is 7.39. The molecule has 0 radical (unpaired) electrons. The van der Waals surface area contributed by atoms with E-state index in [1.54, 1.807) is 25.3 Å². The Balaban J connectivity index is 1.98. The van der Waals surface area contributed by atoms with Gasteiger partial charge in [-0.05, 0) is 43.7 Å². The van der Waals surface area contributed by atoms with Gasteiger partial charge in [0.15, 0.2) is 11.6 Å². The van der Waals surface area contributed by atoms with Crippen molar-refractivity contribution in [1.29, 1.82) is 5.53 Å². The summed E-state index contributed by atoms with van der Waals surface area (Å²) in [7, 11) is 0. The van der Waals surface area contributed by atoms with Crippen LogP contribution < -0.4 is 15.8 Å². The molecule has 1 aromatic carbocycles. The van der Waals surface area contributed by atoms with Gasteiger partial charge in [-0.25, -0.2) is 19.3 Å². The van der Waals surface area contributed by atoms with E-state index in [0.717, 1.165) is 6.20 Å². The topological polar surface area (TPSA) is 109 Å².